The summed E-state index contributed by atoms with van der Waals surface area (Å²) < 4.78 is 0. The van der Waals surface area contributed by atoms with Crippen molar-refractivity contribution in [1.29, 1.82) is 0 Å². The number of nitrogens with zero attached hydrogens (tertiary/aromatic N) is 1. The van der Waals surface area contributed by atoms with Gasteiger partial charge in [-0.15, -0.1) is 0 Å². The predicted molar refractivity (Wildman–Crippen MR) is 82.8 cm³/mol. The first-order valence-corrected chi connectivity index (χ1v) is 8.41. The van der Waals surface area contributed by atoms with Crippen LogP contribution < -0.4 is 10.6 Å². The van der Waals surface area contributed by atoms with Crippen LogP contribution in [-0.2, 0) is 9.59 Å². The van der Waals surface area contributed by atoms with E-state index < -0.39 is 0 Å². The van der Waals surface area contributed by atoms with Crippen molar-refractivity contribution in [2.24, 2.45) is 5.92 Å². The fourth-order valence-corrected chi connectivity index (χ4v) is 3.70. The zero-order chi connectivity index (χ0) is 15.2. The van der Waals surface area contributed by atoms with Crippen LogP contribution in [0.1, 0.15) is 51.9 Å². The van der Waals surface area contributed by atoms with Gasteiger partial charge in [0.15, 0.2) is 0 Å². The molecule has 2 N–H and O–H groups in total. The quantitative estimate of drug-likeness (QED) is 0.803. The van der Waals surface area contributed by atoms with Gasteiger partial charge in [0.2, 0.25) is 11.8 Å². The fourth-order valence-electron chi connectivity index (χ4n) is 3.70. The predicted octanol–water partition coefficient (Wildman–Crippen LogP) is 1.28. The molecule has 0 aromatic rings. The van der Waals surface area contributed by atoms with Crippen molar-refractivity contribution in [2.75, 3.05) is 20.1 Å². The fraction of sp³-hybridized carbons (Fsp3) is 0.875. The first-order valence-electron chi connectivity index (χ1n) is 8.41. The lowest BCUT2D eigenvalue weighted by atomic mass is 9.77. The van der Waals surface area contributed by atoms with E-state index in [9.17, 15) is 9.59 Å². The standard InChI is InChI=1S/C16H29N3O2/c1-3-10-19(11-15(20)17-2)16(21)14-9-8-12-6-4-5-7-13(12)18-14/h12-14,18H,3-11H2,1-2H3,(H,17,20). The summed E-state index contributed by atoms with van der Waals surface area (Å²) in [5, 5.41) is 6.17. The van der Waals surface area contributed by atoms with E-state index in [0.717, 1.165) is 25.2 Å². The Morgan fingerprint density at radius 1 is 1.19 bits per heavy atom. The Labute approximate surface area is 127 Å². The van der Waals surface area contributed by atoms with Gasteiger partial charge in [-0.25, -0.2) is 0 Å². The third-order valence-corrected chi connectivity index (χ3v) is 4.87. The second-order valence-corrected chi connectivity index (χ2v) is 6.38. The summed E-state index contributed by atoms with van der Waals surface area (Å²) in [5.41, 5.74) is 0. The zero-order valence-corrected chi connectivity index (χ0v) is 13.4. The molecule has 1 aliphatic carbocycles. The lowest BCUT2D eigenvalue weighted by Crippen LogP contribution is -2.56. The molecule has 2 aliphatic rings. The molecular formula is C16H29N3O2. The van der Waals surface area contributed by atoms with Crippen LogP contribution >= 0.6 is 0 Å². The number of amides is 2. The molecule has 3 atom stereocenters. The molecule has 1 saturated heterocycles. The van der Waals surface area contributed by atoms with E-state index in [-0.39, 0.29) is 24.4 Å². The normalized spacial score (nSPS) is 28.6. The molecule has 5 nitrogen and oxygen atoms in total. The van der Waals surface area contributed by atoms with Crippen LogP contribution in [0.15, 0.2) is 0 Å². The number of nitrogens with one attached hydrogen (secondary N) is 2. The maximum Gasteiger partial charge on any atom is 0.240 e. The summed E-state index contributed by atoms with van der Waals surface area (Å²) >= 11 is 0. The average Bonchev–Trinajstić information content (AvgIpc) is 2.53. The Hall–Kier alpha value is -1.10. The molecule has 120 valence electrons. The SMILES string of the molecule is CCCN(CC(=O)NC)C(=O)C1CCC2CCCCC2N1. The second-order valence-electron chi connectivity index (χ2n) is 6.38. The van der Waals surface area contributed by atoms with Crippen molar-refractivity contribution in [2.45, 2.75) is 64.0 Å². The average molecular weight is 295 g/mol. The molecule has 0 bridgehead atoms. The highest BCUT2D eigenvalue weighted by molar-refractivity contribution is 5.87. The number of carbonyl (C=O) groups excluding carboxylic acids is 2. The number of hydrogen-bond acceptors (Lipinski definition) is 3. The number of piperidine rings is 1. The Morgan fingerprint density at radius 2 is 1.95 bits per heavy atom. The van der Waals surface area contributed by atoms with Gasteiger partial charge in [0.05, 0.1) is 12.6 Å². The van der Waals surface area contributed by atoms with Gasteiger partial charge < -0.3 is 15.5 Å². The van der Waals surface area contributed by atoms with Gasteiger partial charge in [-0.3, -0.25) is 9.59 Å². The van der Waals surface area contributed by atoms with E-state index in [4.69, 9.17) is 0 Å². The number of carbonyl (C=O) groups is 2. The lowest BCUT2D eigenvalue weighted by molar-refractivity contribution is -0.138. The van der Waals surface area contributed by atoms with Crippen LogP contribution in [0.2, 0.25) is 0 Å². The Balaban J connectivity index is 1.94. The minimum Gasteiger partial charge on any atom is -0.358 e. The third-order valence-electron chi connectivity index (χ3n) is 4.87. The van der Waals surface area contributed by atoms with Crippen LogP contribution in [0.4, 0.5) is 0 Å². The highest BCUT2D eigenvalue weighted by Crippen LogP contribution is 2.32. The molecule has 1 heterocycles. The molecule has 0 spiro atoms. The molecule has 2 amide bonds. The summed E-state index contributed by atoms with van der Waals surface area (Å²) in [6.45, 7) is 2.86. The first-order chi connectivity index (χ1) is 10.2. The third kappa shape index (κ3) is 4.19. The number of hydrogen-bond donors (Lipinski definition) is 2. The van der Waals surface area contributed by atoms with Crippen LogP contribution in [0.3, 0.4) is 0 Å². The Kier molecular flexibility index (Phi) is 6.03. The molecule has 2 fully saturated rings. The van der Waals surface area contributed by atoms with E-state index in [1.807, 2.05) is 6.92 Å². The summed E-state index contributed by atoms with van der Waals surface area (Å²) in [7, 11) is 1.61. The highest BCUT2D eigenvalue weighted by Gasteiger charge is 2.36. The number of rotatable bonds is 5. The van der Waals surface area contributed by atoms with Crippen molar-refractivity contribution in [1.82, 2.24) is 15.5 Å². The van der Waals surface area contributed by atoms with Gasteiger partial charge in [0.1, 0.15) is 0 Å². The van der Waals surface area contributed by atoms with Crippen LogP contribution in [0.25, 0.3) is 0 Å². The second kappa shape index (κ2) is 7.78. The van der Waals surface area contributed by atoms with Crippen LogP contribution in [0.5, 0.6) is 0 Å². The first kappa shape index (κ1) is 16.3. The van der Waals surface area contributed by atoms with Crippen LogP contribution in [-0.4, -0.2) is 48.9 Å². The summed E-state index contributed by atoms with van der Waals surface area (Å²) in [6.07, 6.45) is 8.03. The summed E-state index contributed by atoms with van der Waals surface area (Å²) in [6, 6.07) is 0.408. The van der Waals surface area contributed by atoms with Crippen molar-refractivity contribution in [3.63, 3.8) is 0 Å². The Morgan fingerprint density at radius 3 is 2.67 bits per heavy atom. The highest BCUT2D eigenvalue weighted by atomic mass is 16.2. The molecular weight excluding hydrogens is 266 g/mol. The van der Waals surface area contributed by atoms with Crippen LogP contribution in [0, 0.1) is 5.92 Å². The van der Waals surface area contributed by atoms with Crippen molar-refractivity contribution in [3.05, 3.63) is 0 Å². The molecule has 2 rings (SSSR count). The van der Waals surface area contributed by atoms with E-state index in [1.165, 1.54) is 25.7 Å². The molecule has 1 aliphatic heterocycles. The Bertz CT molecular complexity index is 373. The molecule has 3 unspecified atom stereocenters. The van der Waals surface area contributed by atoms with Gasteiger partial charge in [-0.2, -0.15) is 0 Å². The summed E-state index contributed by atoms with van der Waals surface area (Å²) in [4.78, 5) is 26.0. The van der Waals surface area contributed by atoms with Gasteiger partial charge in [-0.1, -0.05) is 19.8 Å². The molecule has 0 aromatic heterocycles. The maximum atomic E-state index is 12.7. The molecule has 1 saturated carbocycles. The van der Waals surface area contributed by atoms with Gasteiger partial charge in [-0.05, 0) is 38.0 Å². The smallest absolute Gasteiger partial charge is 0.240 e. The van der Waals surface area contributed by atoms with E-state index in [2.05, 4.69) is 10.6 Å². The lowest BCUT2D eigenvalue weighted by Gasteiger charge is -2.41. The van der Waals surface area contributed by atoms with Gasteiger partial charge in [0, 0.05) is 19.6 Å². The molecule has 0 radical (unpaired) electrons. The largest absolute Gasteiger partial charge is 0.358 e. The van der Waals surface area contributed by atoms with E-state index >= 15 is 0 Å². The van der Waals surface area contributed by atoms with Crippen molar-refractivity contribution < 1.29 is 9.59 Å². The molecule has 5 heteroatoms. The minimum atomic E-state index is -0.0967. The van der Waals surface area contributed by atoms with Crippen molar-refractivity contribution in [3.8, 4) is 0 Å². The van der Waals surface area contributed by atoms with Crippen molar-refractivity contribution >= 4 is 11.8 Å². The topological polar surface area (TPSA) is 61.4 Å². The number of likely N-dealkylation sites (N-methyl/N-ethyl adjacent to an activating group) is 1. The van der Waals surface area contributed by atoms with Gasteiger partial charge in [0.25, 0.3) is 0 Å². The zero-order valence-electron chi connectivity index (χ0n) is 13.4. The number of fused-ring (bicyclic) bond motifs is 1. The van der Waals surface area contributed by atoms with E-state index in [1.54, 1.807) is 11.9 Å². The van der Waals surface area contributed by atoms with E-state index in [0.29, 0.717) is 12.6 Å². The maximum absolute atomic E-state index is 12.7. The minimum absolute atomic E-state index is 0.0943. The van der Waals surface area contributed by atoms with Gasteiger partial charge >= 0.3 is 0 Å². The monoisotopic (exact) mass is 295 g/mol. The molecule has 0 aromatic carbocycles. The summed E-state index contributed by atoms with van der Waals surface area (Å²) in [5.74, 6) is 0.758. The molecule has 21 heavy (non-hydrogen) atoms.